The molecule has 0 aliphatic heterocycles. The highest BCUT2D eigenvalue weighted by Gasteiger charge is 2.28. The number of nitrogens with zero attached hydrogens (tertiary/aromatic N) is 1. The molecule has 1 saturated carbocycles. The largest absolute Gasteiger partial charge is 0.383 e. The van der Waals surface area contributed by atoms with Crippen molar-refractivity contribution in [1.82, 2.24) is 9.62 Å². The molecule has 19 heavy (non-hydrogen) atoms. The number of sulfonamides is 1. The van der Waals surface area contributed by atoms with E-state index in [1.54, 1.807) is 11.4 Å². The fourth-order valence-corrected chi connectivity index (χ4v) is 3.94. The quantitative estimate of drug-likeness (QED) is 0.622. The van der Waals surface area contributed by atoms with Crippen LogP contribution in [0.3, 0.4) is 0 Å². The Bertz CT molecular complexity index is 338. The molecule has 0 aromatic heterocycles. The summed E-state index contributed by atoms with van der Waals surface area (Å²) in [7, 11) is -1.59. The first-order valence-electron chi connectivity index (χ1n) is 7.27. The van der Waals surface area contributed by atoms with Crippen molar-refractivity contribution >= 4 is 10.0 Å². The summed E-state index contributed by atoms with van der Waals surface area (Å²) in [5, 5.41) is 3.26. The zero-order valence-electron chi connectivity index (χ0n) is 12.4. The zero-order valence-corrected chi connectivity index (χ0v) is 13.2. The third-order valence-corrected chi connectivity index (χ3v) is 5.51. The lowest BCUT2D eigenvalue weighted by Gasteiger charge is -2.29. The van der Waals surface area contributed by atoms with Gasteiger partial charge in [0, 0.05) is 32.3 Å². The van der Waals surface area contributed by atoms with Crippen LogP contribution in [0.1, 0.15) is 39.5 Å². The van der Waals surface area contributed by atoms with E-state index in [2.05, 4.69) is 5.32 Å². The van der Waals surface area contributed by atoms with Crippen molar-refractivity contribution in [3.05, 3.63) is 0 Å². The van der Waals surface area contributed by atoms with E-state index in [9.17, 15) is 8.42 Å². The molecule has 1 N–H and O–H groups in total. The van der Waals surface area contributed by atoms with Crippen LogP contribution in [0.5, 0.6) is 0 Å². The van der Waals surface area contributed by atoms with Crippen molar-refractivity contribution in [3.8, 4) is 0 Å². The summed E-state index contributed by atoms with van der Waals surface area (Å²) in [6, 6.07) is 0.636. The van der Waals surface area contributed by atoms with Crippen LogP contribution in [0.2, 0.25) is 0 Å². The number of hydrogen-bond acceptors (Lipinski definition) is 4. The van der Waals surface area contributed by atoms with Crippen molar-refractivity contribution in [2.75, 3.05) is 32.6 Å². The first kappa shape index (κ1) is 16.9. The Kier molecular flexibility index (Phi) is 7.28. The summed E-state index contributed by atoms with van der Waals surface area (Å²) >= 11 is 0. The van der Waals surface area contributed by atoms with E-state index in [1.165, 1.54) is 12.8 Å². The molecule has 6 heteroatoms. The number of nitrogens with one attached hydrogen (secondary N) is 1. The van der Waals surface area contributed by atoms with Crippen molar-refractivity contribution in [2.45, 2.75) is 51.6 Å². The van der Waals surface area contributed by atoms with Crippen LogP contribution in [0.25, 0.3) is 0 Å². The lowest BCUT2D eigenvalue weighted by Crippen LogP contribution is -2.44. The zero-order chi connectivity index (χ0) is 14.3. The Hall–Kier alpha value is -0.170. The summed E-state index contributed by atoms with van der Waals surface area (Å²) < 4.78 is 31.5. The minimum atomic E-state index is -3.20. The fraction of sp³-hybridized carbons (Fsp3) is 1.00. The number of hydrogen-bond donors (Lipinski definition) is 1. The highest BCUT2D eigenvalue weighted by molar-refractivity contribution is 7.89. The minimum Gasteiger partial charge on any atom is -0.383 e. The highest BCUT2D eigenvalue weighted by Crippen LogP contribution is 2.19. The summed E-state index contributed by atoms with van der Waals surface area (Å²) in [6.45, 7) is 5.52. The summed E-state index contributed by atoms with van der Waals surface area (Å²) in [4.78, 5) is 0. The van der Waals surface area contributed by atoms with Gasteiger partial charge in [0.25, 0.3) is 0 Å². The van der Waals surface area contributed by atoms with E-state index in [4.69, 9.17) is 4.74 Å². The molecule has 0 aromatic rings. The predicted molar refractivity (Wildman–Crippen MR) is 77.8 cm³/mol. The van der Waals surface area contributed by atoms with Gasteiger partial charge in [0.15, 0.2) is 0 Å². The van der Waals surface area contributed by atoms with Crippen LogP contribution in [0.4, 0.5) is 0 Å². The van der Waals surface area contributed by atoms with Gasteiger partial charge in [-0.1, -0.05) is 13.8 Å². The summed E-state index contributed by atoms with van der Waals surface area (Å²) in [5.74, 6) is 0.184. The molecule has 1 rings (SSSR count). The van der Waals surface area contributed by atoms with Crippen molar-refractivity contribution < 1.29 is 13.2 Å². The topological polar surface area (TPSA) is 58.6 Å². The smallest absolute Gasteiger partial charge is 0.215 e. The Labute approximate surface area is 117 Å². The van der Waals surface area contributed by atoms with E-state index >= 15 is 0 Å². The van der Waals surface area contributed by atoms with Gasteiger partial charge in [-0.2, -0.15) is 4.31 Å². The van der Waals surface area contributed by atoms with E-state index in [1.807, 2.05) is 13.8 Å². The van der Waals surface area contributed by atoms with Gasteiger partial charge in [0.1, 0.15) is 0 Å². The second kappa shape index (κ2) is 8.19. The third-order valence-electron chi connectivity index (χ3n) is 3.59. The Morgan fingerprint density at radius 2 is 1.95 bits per heavy atom. The molecule has 0 heterocycles. The molecule has 1 aliphatic rings. The van der Waals surface area contributed by atoms with Crippen molar-refractivity contribution in [3.63, 3.8) is 0 Å². The fourth-order valence-electron chi connectivity index (χ4n) is 2.22. The van der Waals surface area contributed by atoms with E-state index in [0.29, 0.717) is 25.7 Å². The molecule has 0 aromatic carbocycles. The van der Waals surface area contributed by atoms with Gasteiger partial charge in [-0.15, -0.1) is 0 Å². The lowest BCUT2D eigenvalue weighted by molar-refractivity contribution is 0.163. The third kappa shape index (κ3) is 5.77. The van der Waals surface area contributed by atoms with Gasteiger partial charge in [-0.05, 0) is 25.7 Å². The van der Waals surface area contributed by atoms with Crippen LogP contribution < -0.4 is 5.32 Å². The molecule has 0 unspecified atom stereocenters. The van der Waals surface area contributed by atoms with E-state index in [-0.39, 0.29) is 11.8 Å². The number of methoxy groups -OCH3 is 1. The van der Waals surface area contributed by atoms with Gasteiger partial charge >= 0.3 is 0 Å². The van der Waals surface area contributed by atoms with Crippen LogP contribution >= 0.6 is 0 Å². The lowest BCUT2D eigenvalue weighted by atomic mass is 10.2. The maximum Gasteiger partial charge on any atom is 0.215 e. The average Bonchev–Trinajstić information content (AvgIpc) is 3.18. The second-order valence-electron chi connectivity index (χ2n) is 5.12. The van der Waals surface area contributed by atoms with Gasteiger partial charge in [-0.3, -0.25) is 0 Å². The summed E-state index contributed by atoms with van der Waals surface area (Å²) in [5.41, 5.74) is 0. The number of ether oxygens (including phenoxy) is 1. The molecule has 1 fully saturated rings. The van der Waals surface area contributed by atoms with Crippen LogP contribution in [-0.4, -0.2) is 57.4 Å². The normalized spacial score (nSPS) is 16.5. The first-order valence-corrected chi connectivity index (χ1v) is 8.87. The molecule has 0 bridgehead atoms. The van der Waals surface area contributed by atoms with E-state index in [0.717, 1.165) is 12.8 Å². The monoisotopic (exact) mass is 292 g/mol. The van der Waals surface area contributed by atoms with Gasteiger partial charge in [-0.25, -0.2) is 8.42 Å². The predicted octanol–water partition coefficient (Wildman–Crippen LogP) is 1.21. The number of rotatable bonds is 11. The van der Waals surface area contributed by atoms with Gasteiger partial charge in [0.2, 0.25) is 10.0 Å². The standard InChI is InChI=1S/C13H28N2O3S/c1-4-13(5-2)15(9-10-18-3)19(16,17)11-8-14-12-6-7-12/h12-14H,4-11H2,1-3H3. The first-order chi connectivity index (χ1) is 9.05. The molecular weight excluding hydrogens is 264 g/mol. The molecule has 114 valence electrons. The van der Waals surface area contributed by atoms with Crippen LogP contribution in [0.15, 0.2) is 0 Å². The van der Waals surface area contributed by atoms with Crippen molar-refractivity contribution in [2.24, 2.45) is 0 Å². The second-order valence-corrected chi connectivity index (χ2v) is 7.16. The van der Waals surface area contributed by atoms with Gasteiger partial charge in [0.05, 0.1) is 12.4 Å². The maximum absolute atomic E-state index is 12.4. The Balaban J connectivity index is 2.57. The van der Waals surface area contributed by atoms with E-state index < -0.39 is 10.0 Å². The van der Waals surface area contributed by atoms with Crippen LogP contribution in [0, 0.1) is 0 Å². The van der Waals surface area contributed by atoms with Gasteiger partial charge < -0.3 is 10.1 Å². The Morgan fingerprint density at radius 3 is 2.42 bits per heavy atom. The molecule has 0 saturated heterocycles. The average molecular weight is 292 g/mol. The van der Waals surface area contributed by atoms with Crippen molar-refractivity contribution in [1.29, 1.82) is 0 Å². The SMILES string of the molecule is CCC(CC)N(CCOC)S(=O)(=O)CCNC1CC1. The highest BCUT2D eigenvalue weighted by atomic mass is 32.2. The molecule has 0 amide bonds. The van der Waals surface area contributed by atoms with Crippen LogP contribution in [-0.2, 0) is 14.8 Å². The molecule has 0 radical (unpaired) electrons. The molecule has 1 aliphatic carbocycles. The maximum atomic E-state index is 12.4. The minimum absolute atomic E-state index is 0.0843. The molecule has 0 spiro atoms. The molecular formula is C13H28N2O3S. The Morgan fingerprint density at radius 1 is 1.32 bits per heavy atom. The summed E-state index contributed by atoms with van der Waals surface area (Å²) in [6.07, 6.45) is 4.05. The molecule has 0 atom stereocenters. The molecule has 5 nitrogen and oxygen atoms in total.